The van der Waals surface area contributed by atoms with E-state index in [1.165, 1.54) is 17.4 Å². The number of likely N-dealkylation sites (N-methyl/N-ethyl adjacent to an activating group) is 1. The predicted octanol–water partition coefficient (Wildman–Crippen LogP) is 2.30. The van der Waals surface area contributed by atoms with E-state index in [-0.39, 0.29) is 17.6 Å². The summed E-state index contributed by atoms with van der Waals surface area (Å²) in [5, 5.41) is 3.17. The summed E-state index contributed by atoms with van der Waals surface area (Å²) in [5.41, 5.74) is 6.13. The maximum atomic E-state index is 13.7. The summed E-state index contributed by atoms with van der Waals surface area (Å²) in [4.78, 5) is 14.5. The third kappa shape index (κ3) is 2.76. The van der Waals surface area contributed by atoms with Crippen LogP contribution in [0.15, 0.2) is 18.2 Å². The van der Waals surface area contributed by atoms with Gasteiger partial charge in [-0.1, -0.05) is 6.07 Å². The fraction of sp³-hybridized carbons (Fsp3) is 0.357. The van der Waals surface area contributed by atoms with E-state index in [2.05, 4.69) is 5.32 Å². The molecule has 1 unspecified atom stereocenters. The highest BCUT2D eigenvalue weighted by atomic mass is 32.1. The van der Waals surface area contributed by atoms with Crippen LogP contribution in [0.2, 0.25) is 0 Å². The van der Waals surface area contributed by atoms with Crippen LogP contribution in [0.5, 0.6) is 0 Å². The molecule has 1 aromatic carbocycles. The van der Waals surface area contributed by atoms with Gasteiger partial charge in [0.05, 0.1) is 11.1 Å². The van der Waals surface area contributed by atoms with Gasteiger partial charge >= 0.3 is 0 Å². The van der Waals surface area contributed by atoms with Crippen LogP contribution >= 0.6 is 11.3 Å². The van der Waals surface area contributed by atoms with Crippen molar-refractivity contribution in [3.05, 3.63) is 28.9 Å². The van der Waals surface area contributed by atoms with E-state index in [1.807, 2.05) is 25.9 Å². The van der Waals surface area contributed by atoms with Crippen molar-refractivity contribution < 1.29 is 9.18 Å². The van der Waals surface area contributed by atoms with Crippen molar-refractivity contribution in [3.63, 3.8) is 0 Å². The van der Waals surface area contributed by atoms with Crippen LogP contribution in [0, 0.1) is 5.82 Å². The molecule has 0 saturated heterocycles. The minimum absolute atomic E-state index is 0.214. The molecule has 108 valence electrons. The highest BCUT2D eigenvalue weighted by Gasteiger charge is 2.19. The maximum Gasteiger partial charge on any atom is 0.263 e. The molecule has 0 bridgehead atoms. The highest BCUT2D eigenvalue weighted by Crippen LogP contribution is 2.35. The molecule has 3 N–H and O–H groups in total. The van der Waals surface area contributed by atoms with E-state index in [9.17, 15) is 9.18 Å². The molecule has 2 aromatic rings. The Bertz CT molecular complexity index is 639. The zero-order valence-electron chi connectivity index (χ0n) is 11.7. The lowest BCUT2D eigenvalue weighted by Gasteiger charge is -2.19. The normalized spacial score (nSPS) is 12.8. The van der Waals surface area contributed by atoms with Crippen LogP contribution in [0.3, 0.4) is 0 Å². The van der Waals surface area contributed by atoms with Gasteiger partial charge in [0, 0.05) is 17.3 Å². The van der Waals surface area contributed by atoms with Crippen LogP contribution < -0.4 is 11.1 Å². The van der Waals surface area contributed by atoms with Crippen molar-refractivity contribution in [3.8, 4) is 0 Å². The first kappa shape index (κ1) is 14.7. The predicted molar refractivity (Wildman–Crippen MR) is 81.7 cm³/mol. The molecule has 1 heterocycles. The Kier molecular flexibility index (Phi) is 4.25. The van der Waals surface area contributed by atoms with Crippen LogP contribution in [0.1, 0.15) is 16.6 Å². The number of rotatable bonds is 4. The SMILES string of the molecule is CC(CNC(=O)c1sc2cccc(F)c2c1N)N(C)C. The summed E-state index contributed by atoms with van der Waals surface area (Å²) in [7, 11) is 3.89. The minimum atomic E-state index is -0.392. The molecule has 0 saturated carbocycles. The van der Waals surface area contributed by atoms with Gasteiger partial charge < -0.3 is 16.0 Å². The molecule has 2 rings (SSSR count). The van der Waals surface area contributed by atoms with Gasteiger partial charge in [0.2, 0.25) is 0 Å². The van der Waals surface area contributed by atoms with Gasteiger partial charge in [-0.05, 0) is 33.2 Å². The van der Waals surface area contributed by atoms with E-state index in [1.54, 1.807) is 12.1 Å². The van der Waals surface area contributed by atoms with Crippen LogP contribution in [-0.2, 0) is 0 Å². The Morgan fingerprint density at radius 3 is 2.80 bits per heavy atom. The van der Waals surface area contributed by atoms with Crippen molar-refractivity contribution in [2.45, 2.75) is 13.0 Å². The second-order valence-corrected chi connectivity index (χ2v) is 6.03. The van der Waals surface area contributed by atoms with E-state index < -0.39 is 5.82 Å². The molecule has 4 nitrogen and oxygen atoms in total. The smallest absolute Gasteiger partial charge is 0.263 e. The summed E-state index contributed by atoms with van der Waals surface area (Å²) < 4.78 is 14.4. The number of hydrogen-bond donors (Lipinski definition) is 2. The van der Waals surface area contributed by atoms with Crippen molar-refractivity contribution in [1.82, 2.24) is 10.2 Å². The number of nitrogens with zero attached hydrogens (tertiary/aromatic N) is 1. The third-order valence-corrected chi connectivity index (χ3v) is 4.52. The Labute approximate surface area is 121 Å². The Morgan fingerprint density at radius 2 is 2.20 bits per heavy atom. The molecule has 20 heavy (non-hydrogen) atoms. The van der Waals surface area contributed by atoms with E-state index >= 15 is 0 Å². The largest absolute Gasteiger partial charge is 0.397 e. The first-order valence-electron chi connectivity index (χ1n) is 6.33. The number of hydrogen-bond acceptors (Lipinski definition) is 4. The average molecular weight is 295 g/mol. The number of carbonyl (C=O) groups is 1. The van der Waals surface area contributed by atoms with Crippen molar-refractivity contribution in [2.75, 3.05) is 26.4 Å². The second-order valence-electron chi connectivity index (χ2n) is 4.98. The molecule has 0 aliphatic heterocycles. The highest BCUT2D eigenvalue weighted by molar-refractivity contribution is 7.21. The fourth-order valence-electron chi connectivity index (χ4n) is 1.80. The lowest BCUT2D eigenvalue weighted by molar-refractivity contribution is 0.0948. The van der Waals surface area contributed by atoms with E-state index in [0.717, 1.165) is 0 Å². The van der Waals surface area contributed by atoms with Crippen molar-refractivity contribution in [2.24, 2.45) is 0 Å². The first-order valence-corrected chi connectivity index (χ1v) is 7.14. The summed E-state index contributed by atoms with van der Waals surface area (Å²) in [6.45, 7) is 2.52. The average Bonchev–Trinajstić information content (AvgIpc) is 2.74. The lowest BCUT2D eigenvalue weighted by atomic mass is 10.2. The number of anilines is 1. The summed E-state index contributed by atoms with van der Waals surface area (Å²) in [5.74, 6) is -0.645. The van der Waals surface area contributed by atoms with E-state index in [0.29, 0.717) is 21.5 Å². The number of fused-ring (bicyclic) bond motifs is 1. The number of nitrogen functional groups attached to an aromatic ring is 1. The van der Waals surface area contributed by atoms with Gasteiger partial charge in [0.1, 0.15) is 10.7 Å². The molecule has 0 aliphatic rings. The molecular weight excluding hydrogens is 277 g/mol. The quantitative estimate of drug-likeness (QED) is 0.910. The summed E-state index contributed by atoms with van der Waals surface area (Å²) in [6, 6.07) is 4.94. The Morgan fingerprint density at radius 1 is 1.50 bits per heavy atom. The Hall–Kier alpha value is -1.66. The molecule has 0 radical (unpaired) electrons. The molecule has 6 heteroatoms. The maximum absolute atomic E-state index is 13.7. The Balaban J connectivity index is 2.23. The first-order chi connectivity index (χ1) is 9.41. The fourth-order valence-corrected chi connectivity index (χ4v) is 2.85. The molecule has 1 aromatic heterocycles. The third-order valence-electron chi connectivity index (χ3n) is 3.35. The van der Waals surface area contributed by atoms with Gasteiger partial charge in [-0.15, -0.1) is 11.3 Å². The number of carbonyl (C=O) groups excluding carboxylic acids is 1. The lowest BCUT2D eigenvalue weighted by Crippen LogP contribution is -2.38. The van der Waals surface area contributed by atoms with Gasteiger partial charge in [0.25, 0.3) is 5.91 Å². The van der Waals surface area contributed by atoms with Crippen molar-refractivity contribution >= 4 is 33.0 Å². The number of halogens is 1. The molecule has 1 amide bonds. The monoisotopic (exact) mass is 295 g/mol. The number of benzene rings is 1. The van der Waals surface area contributed by atoms with Gasteiger partial charge in [-0.2, -0.15) is 0 Å². The summed E-state index contributed by atoms with van der Waals surface area (Å²) in [6.07, 6.45) is 0. The number of nitrogens with one attached hydrogen (secondary N) is 1. The molecule has 1 atom stereocenters. The number of thiophene rings is 1. The van der Waals surface area contributed by atoms with Crippen LogP contribution in [0.4, 0.5) is 10.1 Å². The topological polar surface area (TPSA) is 58.4 Å². The van der Waals surface area contributed by atoms with E-state index in [4.69, 9.17) is 5.73 Å². The molecule has 0 fully saturated rings. The van der Waals surface area contributed by atoms with Gasteiger partial charge in [-0.3, -0.25) is 4.79 Å². The molecular formula is C14H18FN3OS. The zero-order valence-corrected chi connectivity index (χ0v) is 12.6. The minimum Gasteiger partial charge on any atom is -0.397 e. The molecule has 0 spiro atoms. The molecule has 0 aliphatic carbocycles. The number of nitrogens with two attached hydrogens (primary N) is 1. The van der Waals surface area contributed by atoms with Crippen LogP contribution in [0.25, 0.3) is 10.1 Å². The van der Waals surface area contributed by atoms with Gasteiger partial charge in [0.15, 0.2) is 0 Å². The van der Waals surface area contributed by atoms with Crippen LogP contribution in [-0.4, -0.2) is 37.5 Å². The second kappa shape index (κ2) is 5.76. The summed E-state index contributed by atoms with van der Waals surface area (Å²) >= 11 is 1.22. The van der Waals surface area contributed by atoms with Crippen molar-refractivity contribution in [1.29, 1.82) is 0 Å². The number of amides is 1. The zero-order chi connectivity index (χ0) is 14.9. The van der Waals surface area contributed by atoms with Gasteiger partial charge in [-0.25, -0.2) is 4.39 Å². The standard InChI is InChI=1S/C14H18FN3OS/c1-8(18(2)3)7-17-14(19)13-12(16)11-9(15)5-4-6-10(11)20-13/h4-6,8H,7,16H2,1-3H3,(H,17,19).